The fraction of sp³-hybridized carbons (Fsp3) is 0.400. The zero-order valence-electron chi connectivity index (χ0n) is 22.2. The average Bonchev–Trinajstić information content (AvgIpc) is 2.88. The second-order valence-corrected chi connectivity index (χ2v) is 10.7. The number of anilines is 3. The Hall–Kier alpha value is -4.12. The van der Waals surface area contributed by atoms with Gasteiger partial charge in [-0.3, -0.25) is 9.59 Å². The standard InChI is InChI=1S/C30H34N4O4/c1-30(2,3)38-28(36)19-21-14-16-33(25-8-6-7-22(17-25)20-31)26(18-21)29(37)32-23-10-12-24(13-11-23)34-15-5-4-9-27(34)35/h6-8,10-13,17,19,26H,4-5,9,14-16,18H2,1-3H3,(H,32,37)/b21-19-. The molecule has 198 valence electrons. The van der Waals surface area contributed by atoms with Gasteiger partial charge in [-0.1, -0.05) is 11.6 Å². The third kappa shape index (κ3) is 6.80. The Morgan fingerprint density at radius 2 is 1.82 bits per heavy atom. The molecule has 2 heterocycles. The van der Waals surface area contributed by atoms with Crippen molar-refractivity contribution in [1.29, 1.82) is 5.26 Å². The number of nitrogens with one attached hydrogen (secondary N) is 1. The van der Waals surface area contributed by atoms with E-state index in [0.29, 0.717) is 43.6 Å². The van der Waals surface area contributed by atoms with Crippen molar-refractivity contribution in [2.24, 2.45) is 0 Å². The van der Waals surface area contributed by atoms with Crippen LogP contribution in [0.25, 0.3) is 0 Å². The highest BCUT2D eigenvalue weighted by molar-refractivity contribution is 5.98. The van der Waals surface area contributed by atoms with Crippen LogP contribution in [0.4, 0.5) is 17.1 Å². The van der Waals surface area contributed by atoms with Crippen LogP contribution in [-0.2, 0) is 19.1 Å². The first kappa shape index (κ1) is 26.9. The van der Waals surface area contributed by atoms with Gasteiger partial charge in [0, 0.05) is 42.6 Å². The van der Waals surface area contributed by atoms with Crippen LogP contribution in [0, 0.1) is 11.3 Å². The van der Waals surface area contributed by atoms with E-state index in [1.165, 1.54) is 6.08 Å². The second kappa shape index (κ2) is 11.5. The molecule has 8 nitrogen and oxygen atoms in total. The second-order valence-electron chi connectivity index (χ2n) is 10.7. The Bertz CT molecular complexity index is 1270. The van der Waals surface area contributed by atoms with Crippen LogP contribution >= 0.6 is 0 Å². The number of esters is 1. The maximum atomic E-state index is 13.6. The van der Waals surface area contributed by atoms with Crippen molar-refractivity contribution in [3.05, 3.63) is 65.7 Å². The number of benzene rings is 2. The molecule has 2 aromatic carbocycles. The molecule has 2 aliphatic heterocycles. The highest BCUT2D eigenvalue weighted by Crippen LogP contribution is 2.30. The van der Waals surface area contributed by atoms with Crippen LogP contribution in [0.15, 0.2) is 60.2 Å². The number of ether oxygens (including phenoxy) is 1. The molecule has 38 heavy (non-hydrogen) atoms. The van der Waals surface area contributed by atoms with Crippen molar-refractivity contribution in [1.82, 2.24) is 0 Å². The minimum absolute atomic E-state index is 0.120. The number of piperidine rings is 2. The summed E-state index contributed by atoms with van der Waals surface area (Å²) >= 11 is 0. The van der Waals surface area contributed by atoms with Gasteiger partial charge in [-0.2, -0.15) is 5.26 Å². The molecule has 2 amide bonds. The summed E-state index contributed by atoms with van der Waals surface area (Å²) in [6.07, 6.45) is 4.90. The van der Waals surface area contributed by atoms with Crippen molar-refractivity contribution in [3.63, 3.8) is 0 Å². The van der Waals surface area contributed by atoms with E-state index in [1.54, 1.807) is 35.2 Å². The van der Waals surface area contributed by atoms with Gasteiger partial charge >= 0.3 is 5.97 Å². The Kier molecular flexibility index (Phi) is 8.16. The lowest BCUT2D eigenvalue weighted by atomic mass is 9.94. The topological polar surface area (TPSA) is 103 Å². The van der Waals surface area contributed by atoms with Gasteiger partial charge in [0.1, 0.15) is 11.6 Å². The number of rotatable bonds is 5. The molecule has 0 saturated carbocycles. The molecular formula is C30H34N4O4. The largest absolute Gasteiger partial charge is 0.457 e. The smallest absolute Gasteiger partial charge is 0.331 e. The molecule has 2 aliphatic rings. The van der Waals surface area contributed by atoms with E-state index in [-0.39, 0.29) is 11.8 Å². The first-order valence-electron chi connectivity index (χ1n) is 13.0. The molecule has 8 heteroatoms. The number of carbonyl (C=O) groups excluding carboxylic acids is 3. The Balaban J connectivity index is 1.54. The average molecular weight is 515 g/mol. The zero-order valence-corrected chi connectivity index (χ0v) is 22.2. The van der Waals surface area contributed by atoms with E-state index < -0.39 is 17.6 Å². The third-order valence-electron chi connectivity index (χ3n) is 6.61. The van der Waals surface area contributed by atoms with E-state index in [0.717, 1.165) is 29.8 Å². The predicted molar refractivity (Wildman–Crippen MR) is 147 cm³/mol. The van der Waals surface area contributed by atoms with Crippen LogP contribution in [0.1, 0.15) is 58.4 Å². The Morgan fingerprint density at radius 3 is 2.50 bits per heavy atom. The lowest BCUT2D eigenvalue weighted by molar-refractivity contribution is -0.148. The summed E-state index contributed by atoms with van der Waals surface area (Å²) in [4.78, 5) is 42.0. The first-order chi connectivity index (χ1) is 18.1. The zero-order chi connectivity index (χ0) is 27.3. The van der Waals surface area contributed by atoms with Crippen LogP contribution in [0.2, 0.25) is 0 Å². The molecule has 0 spiro atoms. The number of hydrogen-bond donors (Lipinski definition) is 1. The van der Waals surface area contributed by atoms with E-state index >= 15 is 0 Å². The Labute approximate surface area is 223 Å². The molecule has 2 saturated heterocycles. The molecule has 0 radical (unpaired) electrons. The molecular weight excluding hydrogens is 480 g/mol. The molecule has 2 fully saturated rings. The predicted octanol–water partition coefficient (Wildman–Crippen LogP) is 4.95. The van der Waals surface area contributed by atoms with Crippen molar-refractivity contribution >= 4 is 34.8 Å². The normalized spacial score (nSPS) is 19.2. The molecule has 1 unspecified atom stereocenters. The van der Waals surface area contributed by atoms with E-state index in [4.69, 9.17) is 4.74 Å². The summed E-state index contributed by atoms with van der Waals surface area (Å²) in [6.45, 7) is 6.67. The quantitative estimate of drug-likeness (QED) is 0.447. The van der Waals surface area contributed by atoms with Gasteiger partial charge in [0.25, 0.3) is 0 Å². The minimum atomic E-state index is -0.603. The van der Waals surface area contributed by atoms with Crippen LogP contribution in [0.3, 0.4) is 0 Å². The summed E-state index contributed by atoms with van der Waals surface area (Å²) in [5.41, 5.74) is 2.97. The molecule has 1 atom stereocenters. The lowest BCUT2D eigenvalue weighted by Gasteiger charge is -2.37. The Morgan fingerprint density at radius 1 is 1.05 bits per heavy atom. The summed E-state index contributed by atoms with van der Waals surface area (Å²) in [7, 11) is 0. The van der Waals surface area contributed by atoms with Crippen molar-refractivity contribution in [2.45, 2.75) is 64.5 Å². The highest BCUT2D eigenvalue weighted by Gasteiger charge is 2.32. The summed E-state index contributed by atoms with van der Waals surface area (Å²) in [6, 6.07) is 16.0. The van der Waals surface area contributed by atoms with Gasteiger partial charge in [-0.05, 0) is 88.9 Å². The summed E-state index contributed by atoms with van der Waals surface area (Å²) in [5.74, 6) is -0.520. The van der Waals surface area contributed by atoms with Crippen LogP contribution in [-0.4, -0.2) is 42.5 Å². The monoisotopic (exact) mass is 514 g/mol. The fourth-order valence-electron chi connectivity index (χ4n) is 4.84. The number of nitrogens with zero attached hydrogens (tertiary/aromatic N) is 3. The molecule has 2 aromatic rings. The van der Waals surface area contributed by atoms with E-state index in [2.05, 4.69) is 11.4 Å². The number of carbonyl (C=O) groups is 3. The minimum Gasteiger partial charge on any atom is -0.457 e. The van der Waals surface area contributed by atoms with Crippen LogP contribution < -0.4 is 15.1 Å². The molecule has 0 aliphatic carbocycles. The molecule has 4 rings (SSSR count). The SMILES string of the molecule is CC(C)(C)OC(=O)/C=C1/CCN(c2cccc(C#N)c2)C(C(=O)Nc2ccc(N3CCCCC3=O)cc2)C1. The van der Waals surface area contributed by atoms with Gasteiger partial charge in [-0.25, -0.2) is 4.79 Å². The van der Waals surface area contributed by atoms with Gasteiger partial charge in [0.05, 0.1) is 11.6 Å². The fourth-order valence-corrected chi connectivity index (χ4v) is 4.84. The van der Waals surface area contributed by atoms with Crippen LogP contribution in [0.5, 0.6) is 0 Å². The maximum absolute atomic E-state index is 13.6. The number of amides is 2. The molecule has 0 bridgehead atoms. The van der Waals surface area contributed by atoms with E-state index in [9.17, 15) is 19.6 Å². The van der Waals surface area contributed by atoms with Crippen molar-refractivity contribution < 1.29 is 19.1 Å². The molecule has 0 aromatic heterocycles. The summed E-state index contributed by atoms with van der Waals surface area (Å²) in [5, 5.41) is 12.4. The number of nitriles is 1. The maximum Gasteiger partial charge on any atom is 0.331 e. The number of hydrogen-bond acceptors (Lipinski definition) is 6. The van der Waals surface area contributed by atoms with Gasteiger partial charge in [0.2, 0.25) is 11.8 Å². The summed E-state index contributed by atoms with van der Waals surface area (Å²) < 4.78 is 5.45. The lowest BCUT2D eigenvalue weighted by Crippen LogP contribution is -2.48. The highest BCUT2D eigenvalue weighted by atomic mass is 16.6. The van der Waals surface area contributed by atoms with Crippen molar-refractivity contribution in [2.75, 3.05) is 28.2 Å². The van der Waals surface area contributed by atoms with E-state index in [1.807, 2.05) is 43.9 Å². The van der Waals surface area contributed by atoms with Gasteiger partial charge < -0.3 is 19.9 Å². The van der Waals surface area contributed by atoms with Gasteiger partial charge in [-0.15, -0.1) is 0 Å². The van der Waals surface area contributed by atoms with Crippen molar-refractivity contribution in [3.8, 4) is 6.07 Å². The van der Waals surface area contributed by atoms with Gasteiger partial charge in [0.15, 0.2) is 0 Å². The third-order valence-corrected chi connectivity index (χ3v) is 6.61. The first-order valence-corrected chi connectivity index (χ1v) is 13.0. The molecule has 1 N–H and O–H groups in total.